The fourth-order valence-corrected chi connectivity index (χ4v) is 3.79. The first kappa shape index (κ1) is 15.2. The van der Waals surface area contributed by atoms with Crippen LogP contribution in [0.1, 0.15) is 38.5 Å². The van der Waals surface area contributed by atoms with Gasteiger partial charge >= 0.3 is 0 Å². The van der Waals surface area contributed by atoms with Gasteiger partial charge < -0.3 is 15.2 Å². The van der Waals surface area contributed by atoms with E-state index in [1.807, 2.05) is 7.05 Å². The van der Waals surface area contributed by atoms with Crippen molar-refractivity contribution in [3.63, 3.8) is 0 Å². The lowest BCUT2D eigenvalue weighted by atomic mass is 9.79. The summed E-state index contributed by atoms with van der Waals surface area (Å²) in [6, 6.07) is 0.698. The van der Waals surface area contributed by atoms with E-state index >= 15 is 0 Å². The summed E-state index contributed by atoms with van der Waals surface area (Å²) in [7, 11) is 2.04. The summed E-state index contributed by atoms with van der Waals surface area (Å²) in [6.07, 6.45) is 7.62. The number of hydrogen-bond donors (Lipinski definition) is 2. The number of nitrogens with zero attached hydrogens (tertiary/aromatic N) is 1. The highest BCUT2D eigenvalue weighted by Crippen LogP contribution is 2.33. The molecule has 19 heavy (non-hydrogen) atoms. The molecule has 1 heterocycles. The van der Waals surface area contributed by atoms with Crippen LogP contribution in [0.4, 0.5) is 0 Å². The van der Waals surface area contributed by atoms with Crippen molar-refractivity contribution in [2.24, 2.45) is 5.41 Å². The molecule has 0 unspecified atom stereocenters. The van der Waals surface area contributed by atoms with E-state index in [1.54, 1.807) is 0 Å². The Labute approximate surface area is 117 Å². The second-order valence-corrected chi connectivity index (χ2v) is 6.28. The molecule has 1 aliphatic carbocycles. The van der Waals surface area contributed by atoms with Crippen molar-refractivity contribution in [1.29, 1.82) is 0 Å². The Morgan fingerprint density at radius 3 is 2.53 bits per heavy atom. The third kappa shape index (κ3) is 4.15. The highest BCUT2D eigenvalue weighted by molar-refractivity contribution is 4.89. The van der Waals surface area contributed by atoms with Gasteiger partial charge in [-0.1, -0.05) is 12.8 Å². The van der Waals surface area contributed by atoms with Crippen LogP contribution in [0.15, 0.2) is 0 Å². The lowest BCUT2D eigenvalue weighted by molar-refractivity contribution is -0.0135. The maximum Gasteiger partial charge on any atom is 0.0558 e. The van der Waals surface area contributed by atoms with Crippen LogP contribution < -0.4 is 5.32 Å². The summed E-state index contributed by atoms with van der Waals surface area (Å²) < 4.78 is 5.54. The number of aliphatic hydroxyl groups is 1. The molecule has 4 nitrogen and oxygen atoms in total. The zero-order valence-electron chi connectivity index (χ0n) is 12.4. The number of hydrogen-bond acceptors (Lipinski definition) is 4. The molecular formula is C15H30N2O2. The Morgan fingerprint density at radius 2 is 1.95 bits per heavy atom. The molecule has 1 saturated carbocycles. The molecular weight excluding hydrogens is 240 g/mol. The van der Waals surface area contributed by atoms with E-state index in [9.17, 15) is 5.11 Å². The summed E-state index contributed by atoms with van der Waals surface area (Å²) in [5.74, 6) is 0. The van der Waals surface area contributed by atoms with Gasteiger partial charge in [-0.05, 0) is 38.1 Å². The molecule has 0 aromatic heterocycles. The van der Waals surface area contributed by atoms with Crippen LogP contribution >= 0.6 is 0 Å². The van der Waals surface area contributed by atoms with E-state index in [2.05, 4.69) is 10.2 Å². The van der Waals surface area contributed by atoms with E-state index in [1.165, 1.54) is 25.7 Å². The lowest BCUT2D eigenvalue weighted by Crippen LogP contribution is -2.50. The number of aliphatic hydroxyl groups excluding tert-OH is 1. The Bertz CT molecular complexity index is 243. The summed E-state index contributed by atoms with van der Waals surface area (Å²) in [5.41, 5.74) is 0.338. The van der Waals surface area contributed by atoms with Gasteiger partial charge in [0.25, 0.3) is 0 Å². The SMILES string of the molecule is CNCC1(CN(CCO)C2CCCC2)CCOCC1. The second-order valence-electron chi connectivity index (χ2n) is 6.28. The monoisotopic (exact) mass is 270 g/mol. The summed E-state index contributed by atoms with van der Waals surface area (Å²) in [6.45, 7) is 5.06. The molecule has 2 N–H and O–H groups in total. The predicted octanol–water partition coefficient (Wildman–Crippen LogP) is 1.24. The molecule has 1 aliphatic heterocycles. The van der Waals surface area contributed by atoms with Gasteiger partial charge in [-0.25, -0.2) is 0 Å². The maximum absolute atomic E-state index is 9.36. The van der Waals surface area contributed by atoms with Crippen LogP contribution in [0.2, 0.25) is 0 Å². The molecule has 0 aromatic rings. The first-order chi connectivity index (χ1) is 9.29. The van der Waals surface area contributed by atoms with Crippen molar-refractivity contribution in [3.8, 4) is 0 Å². The molecule has 2 rings (SSSR count). The molecule has 112 valence electrons. The predicted molar refractivity (Wildman–Crippen MR) is 77.3 cm³/mol. The summed E-state index contributed by atoms with van der Waals surface area (Å²) >= 11 is 0. The Kier molecular flexibility index (Phi) is 6.07. The zero-order chi connectivity index (χ0) is 13.6. The smallest absolute Gasteiger partial charge is 0.0558 e. The first-order valence-corrected chi connectivity index (χ1v) is 7.87. The van der Waals surface area contributed by atoms with E-state index in [0.717, 1.165) is 45.7 Å². The summed E-state index contributed by atoms with van der Waals surface area (Å²) in [4.78, 5) is 2.55. The Hall–Kier alpha value is -0.160. The highest BCUT2D eigenvalue weighted by Gasteiger charge is 2.36. The van der Waals surface area contributed by atoms with Crippen LogP contribution in [0, 0.1) is 5.41 Å². The van der Waals surface area contributed by atoms with Crippen molar-refractivity contribution < 1.29 is 9.84 Å². The van der Waals surface area contributed by atoms with Crippen molar-refractivity contribution >= 4 is 0 Å². The Balaban J connectivity index is 1.98. The van der Waals surface area contributed by atoms with Crippen molar-refractivity contribution in [2.45, 2.75) is 44.6 Å². The van der Waals surface area contributed by atoms with Gasteiger partial charge in [0.2, 0.25) is 0 Å². The average Bonchev–Trinajstić information content (AvgIpc) is 2.93. The second kappa shape index (κ2) is 7.58. The molecule has 0 atom stereocenters. The molecule has 4 heteroatoms. The standard InChI is InChI=1S/C15H30N2O2/c1-16-12-15(6-10-19-11-7-15)13-17(8-9-18)14-4-2-3-5-14/h14,16,18H,2-13H2,1H3. The summed E-state index contributed by atoms with van der Waals surface area (Å²) in [5, 5.41) is 12.7. The van der Waals surface area contributed by atoms with Gasteiger partial charge in [-0.3, -0.25) is 4.90 Å². The van der Waals surface area contributed by atoms with E-state index in [-0.39, 0.29) is 6.61 Å². The van der Waals surface area contributed by atoms with E-state index in [4.69, 9.17) is 4.74 Å². The molecule has 0 aromatic carbocycles. The fourth-order valence-electron chi connectivity index (χ4n) is 3.79. The van der Waals surface area contributed by atoms with Crippen LogP contribution in [0.25, 0.3) is 0 Å². The molecule has 0 bridgehead atoms. The molecule has 2 fully saturated rings. The Morgan fingerprint density at radius 1 is 1.26 bits per heavy atom. The van der Waals surface area contributed by atoms with Crippen molar-refractivity contribution in [1.82, 2.24) is 10.2 Å². The third-order valence-electron chi connectivity index (χ3n) is 4.87. The first-order valence-electron chi connectivity index (χ1n) is 7.87. The number of ether oxygens (including phenoxy) is 1. The van der Waals surface area contributed by atoms with Crippen LogP contribution in [0.3, 0.4) is 0 Å². The van der Waals surface area contributed by atoms with E-state index < -0.39 is 0 Å². The van der Waals surface area contributed by atoms with E-state index in [0.29, 0.717) is 11.5 Å². The zero-order valence-corrected chi connectivity index (χ0v) is 12.4. The van der Waals surface area contributed by atoms with Gasteiger partial charge in [0.1, 0.15) is 0 Å². The van der Waals surface area contributed by atoms with Crippen LogP contribution in [0.5, 0.6) is 0 Å². The minimum Gasteiger partial charge on any atom is -0.395 e. The molecule has 0 amide bonds. The van der Waals surface area contributed by atoms with Gasteiger partial charge in [0.15, 0.2) is 0 Å². The molecule has 2 aliphatic rings. The van der Waals surface area contributed by atoms with Crippen molar-refractivity contribution in [2.75, 3.05) is 46.5 Å². The fraction of sp³-hybridized carbons (Fsp3) is 1.00. The normalized spacial score (nSPS) is 24.2. The van der Waals surface area contributed by atoms with Crippen molar-refractivity contribution in [3.05, 3.63) is 0 Å². The topological polar surface area (TPSA) is 44.7 Å². The van der Waals surface area contributed by atoms with Gasteiger partial charge in [-0.2, -0.15) is 0 Å². The number of rotatable bonds is 7. The third-order valence-corrected chi connectivity index (χ3v) is 4.87. The highest BCUT2D eigenvalue weighted by atomic mass is 16.5. The molecule has 0 spiro atoms. The minimum absolute atomic E-state index is 0.280. The van der Waals surface area contributed by atoms with Gasteiger partial charge in [0.05, 0.1) is 6.61 Å². The van der Waals surface area contributed by atoms with Gasteiger partial charge in [0, 0.05) is 38.9 Å². The minimum atomic E-state index is 0.280. The largest absolute Gasteiger partial charge is 0.395 e. The van der Waals surface area contributed by atoms with Crippen LogP contribution in [-0.4, -0.2) is 62.6 Å². The molecule has 0 radical (unpaired) electrons. The van der Waals surface area contributed by atoms with Crippen LogP contribution in [-0.2, 0) is 4.74 Å². The number of nitrogens with one attached hydrogen (secondary N) is 1. The molecule has 1 saturated heterocycles. The quantitative estimate of drug-likeness (QED) is 0.730. The maximum atomic E-state index is 9.36. The average molecular weight is 270 g/mol. The lowest BCUT2D eigenvalue weighted by Gasteiger charge is -2.43. The van der Waals surface area contributed by atoms with Gasteiger partial charge in [-0.15, -0.1) is 0 Å².